The molecule has 0 aliphatic carbocycles. The van der Waals surface area contributed by atoms with Gasteiger partial charge in [0.25, 0.3) is 0 Å². The lowest BCUT2D eigenvalue weighted by atomic mass is 9.99. The Kier molecular flexibility index (Phi) is 8.13. The SMILES string of the molecule is CCNC(=NCC1CCCN(C)C1)N1CC[C@@H](O)C1.I. The largest absolute Gasteiger partial charge is 0.391 e. The number of nitrogens with zero attached hydrogens (tertiary/aromatic N) is 3. The van der Waals surface area contributed by atoms with Gasteiger partial charge in [0.15, 0.2) is 5.96 Å². The fourth-order valence-corrected chi connectivity index (χ4v) is 3.00. The molecule has 2 N–H and O–H groups in total. The van der Waals surface area contributed by atoms with Gasteiger partial charge in [0.1, 0.15) is 0 Å². The summed E-state index contributed by atoms with van der Waals surface area (Å²) in [5.74, 6) is 1.66. The molecule has 2 heterocycles. The average molecular weight is 396 g/mol. The minimum absolute atomic E-state index is 0. The Bertz CT molecular complexity index is 314. The molecule has 1 unspecified atom stereocenters. The van der Waals surface area contributed by atoms with Crippen molar-refractivity contribution < 1.29 is 5.11 Å². The summed E-state index contributed by atoms with van der Waals surface area (Å²) in [5.41, 5.74) is 0. The van der Waals surface area contributed by atoms with Crippen molar-refractivity contribution in [1.82, 2.24) is 15.1 Å². The van der Waals surface area contributed by atoms with Crippen LogP contribution in [0.5, 0.6) is 0 Å². The van der Waals surface area contributed by atoms with Crippen molar-refractivity contribution in [3.05, 3.63) is 0 Å². The Morgan fingerprint density at radius 2 is 2.10 bits per heavy atom. The smallest absolute Gasteiger partial charge is 0.194 e. The molecule has 20 heavy (non-hydrogen) atoms. The lowest BCUT2D eigenvalue weighted by molar-refractivity contribution is 0.187. The molecule has 2 atom stereocenters. The van der Waals surface area contributed by atoms with Crippen LogP contribution >= 0.6 is 24.0 Å². The molecule has 2 aliphatic heterocycles. The van der Waals surface area contributed by atoms with E-state index in [1.54, 1.807) is 0 Å². The predicted octanol–water partition coefficient (Wildman–Crippen LogP) is 0.978. The number of hydrogen-bond acceptors (Lipinski definition) is 3. The average Bonchev–Trinajstić information content (AvgIpc) is 2.81. The first kappa shape index (κ1) is 18.0. The minimum atomic E-state index is -0.190. The molecule has 0 aromatic carbocycles. The number of β-amino-alcohol motifs (C(OH)–C–C–N with tert-alkyl or cyclic N) is 1. The number of halogens is 1. The number of aliphatic hydroxyl groups is 1. The quantitative estimate of drug-likeness (QED) is 0.424. The van der Waals surface area contributed by atoms with Crippen LogP contribution in [0.3, 0.4) is 0 Å². The van der Waals surface area contributed by atoms with Crippen molar-refractivity contribution in [2.75, 3.05) is 46.3 Å². The molecule has 5 nitrogen and oxygen atoms in total. The van der Waals surface area contributed by atoms with E-state index in [9.17, 15) is 5.11 Å². The first-order valence-electron chi connectivity index (χ1n) is 7.59. The standard InChI is InChI=1S/C14H28N4O.HI/c1-3-15-14(18-8-6-13(19)11-18)16-9-12-5-4-7-17(2)10-12;/h12-13,19H,3-11H2,1-2H3,(H,15,16);1H/t12?,13-;/m1./s1. The van der Waals surface area contributed by atoms with Gasteiger partial charge in [-0.15, -0.1) is 24.0 Å². The molecule has 118 valence electrons. The molecule has 2 aliphatic rings. The van der Waals surface area contributed by atoms with E-state index in [1.807, 2.05) is 0 Å². The maximum atomic E-state index is 9.64. The van der Waals surface area contributed by atoms with Crippen LogP contribution in [0.15, 0.2) is 4.99 Å². The van der Waals surface area contributed by atoms with E-state index < -0.39 is 0 Å². The Balaban J connectivity index is 0.00000200. The molecular formula is C14H29IN4O. The van der Waals surface area contributed by atoms with Gasteiger partial charge in [0.05, 0.1) is 6.10 Å². The van der Waals surface area contributed by atoms with Crippen LogP contribution < -0.4 is 5.32 Å². The summed E-state index contributed by atoms with van der Waals surface area (Å²) in [6, 6.07) is 0. The molecule has 0 aromatic rings. The zero-order valence-electron chi connectivity index (χ0n) is 12.7. The molecule has 0 aromatic heterocycles. The summed E-state index contributed by atoms with van der Waals surface area (Å²) >= 11 is 0. The van der Waals surface area contributed by atoms with Crippen LogP contribution in [0, 0.1) is 5.92 Å². The number of guanidine groups is 1. The normalized spacial score (nSPS) is 28.4. The van der Waals surface area contributed by atoms with E-state index in [4.69, 9.17) is 4.99 Å². The van der Waals surface area contributed by atoms with Crippen LogP contribution in [-0.4, -0.2) is 73.3 Å². The molecule has 2 fully saturated rings. The van der Waals surface area contributed by atoms with Gasteiger partial charge >= 0.3 is 0 Å². The van der Waals surface area contributed by atoms with Crippen molar-refractivity contribution >= 4 is 29.9 Å². The zero-order valence-corrected chi connectivity index (χ0v) is 15.0. The summed E-state index contributed by atoms with van der Waals surface area (Å²) in [5, 5.41) is 13.0. The highest BCUT2D eigenvalue weighted by Gasteiger charge is 2.23. The second-order valence-corrected chi connectivity index (χ2v) is 5.85. The van der Waals surface area contributed by atoms with E-state index in [1.165, 1.54) is 19.4 Å². The van der Waals surface area contributed by atoms with E-state index in [0.717, 1.165) is 45.1 Å². The Hall–Kier alpha value is -0.0800. The molecule has 0 saturated carbocycles. The topological polar surface area (TPSA) is 51.1 Å². The number of hydrogen-bond donors (Lipinski definition) is 2. The predicted molar refractivity (Wildman–Crippen MR) is 93.8 cm³/mol. The molecule has 0 amide bonds. The number of aliphatic hydroxyl groups excluding tert-OH is 1. The van der Waals surface area contributed by atoms with Gasteiger partial charge in [-0.05, 0) is 45.7 Å². The third-order valence-electron chi connectivity index (χ3n) is 4.02. The van der Waals surface area contributed by atoms with Gasteiger partial charge < -0.3 is 20.2 Å². The van der Waals surface area contributed by atoms with Crippen LogP contribution in [-0.2, 0) is 0 Å². The Morgan fingerprint density at radius 3 is 2.70 bits per heavy atom. The van der Waals surface area contributed by atoms with Gasteiger partial charge in [0.2, 0.25) is 0 Å². The van der Waals surface area contributed by atoms with Crippen molar-refractivity contribution in [3.63, 3.8) is 0 Å². The number of nitrogens with one attached hydrogen (secondary N) is 1. The van der Waals surface area contributed by atoms with Crippen molar-refractivity contribution in [1.29, 1.82) is 0 Å². The lowest BCUT2D eigenvalue weighted by Crippen LogP contribution is -2.41. The third kappa shape index (κ3) is 5.37. The van der Waals surface area contributed by atoms with Gasteiger partial charge in [-0.2, -0.15) is 0 Å². The monoisotopic (exact) mass is 396 g/mol. The van der Waals surface area contributed by atoms with E-state index >= 15 is 0 Å². The van der Waals surface area contributed by atoms with Crippen LogP contribution in [0.4, 0.5) is 0 Å². The van der Waals surface area contributed by atoms with Crippen molar-refractivity contribution in [2.24, 2.45) is 10.9 Å². The molecular weight excluding hydrogens is 367 g/mol. The number of likely N-dealkylation sites (tertiary alicyclic amines) is 2. The van der Waals surface area contributed by atoms with Crippen molar-refractivity contribution in [2.45, 2.75) is 32.3 Å². The minimum Gasteiger partial charge on any atom is -0.391 e. The molecule has 0 spiro atoms. The van der Waals surface area contributed by atoms with Gasteiger partial charge in [-0.1, -0.05) is 0 Å². The highest BCUT2D eigenvalue weighted by Crippen LogP contribution is 2.16. The first-order valence-corrected chi connectivity index (χ1v) is 7.59. The maximum Gasteiger partial charge on any atom is 0.194 e. The number of aliphatic imine (C=N–C) groups is 1. The first-order chi connectivity index (χ1) is 9.19. The molecule has 2 rings (SSSR count). The second kappa shape index (κ2) is 9.04. The van der Waals surface area contributed by atoms with Gasteiger partial charge in [-0.3, -0.25) is 4.99 Å². The molecule has 0 radical (unpaired) electrons. The molecule has 6 heteroatoms. The summed E-state index contributed by atoms with van der Waals surface area (Å²) in [7, 11) is 2.19. The van der Waals surface area contributed by atoms with Gasteiger partial charge in [-0.25, -0.2) is 0 Å². The fourth-order valence-electron chi connectivity index (χ4n) is 3.00. The van der Waals surface area contributed by atoms with Crippen LogP contribution in [0.1, 0.15) is 26.2 Å². The third-order valence-corrected chi connectivity index (χ3v) is 4.02. The van der Waals surface area contributed by atoms with Crippen molar-refractivity contribution in [3.8, 4) is 0 Å². The maximum absolute atomic E-state index is 9.64. The number of piperidine rings is 1. The Morgan fingerprint density at radius 1 is 1.30 bits per heavy atom. The number of rotatable bonds is 3. The molecule has 0 bridgehead atoms. The van der Waals surface area contributed by atoms with E-state index in [0.29, 0.717) is 5.92 Å². The second-order valence-electron chi connectivity index (χ2n) is 5.85. The zero-order chi connectivity index (χ0) is 13.7. The molecule has 2 saturated heterocycles. The summed E-state index contributed by atoms with van der Waals surface area (Å²) in [6.07, 6.45) is 3.24. The van der Waals surface area contributed by atoms with Crippen LogP contribution in [0.2, 0.25) is 0 Å². The van der Waals surface area contributed by atoms with E-state index in [-0.39, 0.29) is 30.1 Å². The Labute approximate surface area is 139 Å². The summed E-state index contributed by atoms with van der Waals surface area (Å²) in [6.45, 7) is 7.89. The highest BCUT2D eigenvalue weighted by atomic mass is 127. The summed E-state index contributed by atoms with van der Waals surface area (Å²) in [4.78, 5) is 9.36. The summed E-state index contributed by atoms with van der Waals surface area (Å²) < 4.78 is 0. The fraction of sp³-hybridized carbons (Fsp3) is 0.929. The lowest BCUT2D eigenvalue weighted by Gasteiger charge is -2.29. The van der Waals surface area contributed by atoms with E-state index in [2.05, 4.69) is 29.1 Å². The van der Waals surface area contributed by atoms with Crippen LogP contribution in [0.25, 0.3) is 0 Å². The van der Waals surface area contributed by atoms with Gasteiger partial charge in [0, 0.05) is 32.7 Å². The highest BCUT2D eigenvalue weighted by molar-refractivity contribution is 14.0.